The lowest BCUT2D eigenvalue weighted by Crippen LogP contribution is -2.10. The number of benzene rings is 2. The summed E-state index contributed by atoms with van der Waals surface area (Å²) in [5.41, 5.74) is 1.46. The van der Waals surface area contributed by atoms with Gasteiger partial charge in [-0.2, -0.15) is 5.26 Å². The molecule has 0 aromatic heterocycles. The summed E-state index contributed by atoms with van der Waals surface area (Å²) < 4.78 is 5.40. The Bertz CT molecular complexity index is 720. The number of nitro groups is 1. The fourth-order valence-electron chi connectivity index (χ4n) is 2.03. The number of nitrogens with zero attached hydrogens (tertiary/aromatic N) is 2. The monoisotopic (exact) mass is 298 g/mol. The van der Waals surface area contributed by atoms with Crippen LogP contribution in [-0.2, 0) is 0 Å². The number of aliphatic hydroxyl groups excluding tert-OH is 1. The number of rotatable bonds is 5. The van der Waals surface area contributed by atoms with Crippen molar-refractivity contribution in [2.45, 2.75) is 13.0 Å². The maximum atomic E-state index is 11.1. The molecule has 0 saturated carbocycles. The number of nitriles is 1. The van der Waals surface area contributed by atoms with Crippen LogP contribution in [0, 0.1) is 28.4 Å². The van der Waals surface area contributed by atoms with Crippen molar-refractivity contribution in [3.63, 3.8) is 0 Å². The molecule has 0 heterocycles. The van der Waals surface area contributed by atoms with E-state index in [1.807, 2.05) is 6.07 Å². The molecule has 0 saturated heterocycles. The van der Waals surface area contributed by atoms with Crippen molar-refractivity contribution in [2.75, 3.05) is 6.61 Å². The maximum absolute atomic E-state index is 11.1. The van der Waals surface area contributed by atoms with E-state index in [-0.39, 0.29) is 18.0 Å². The van der Waals surface area contributed by atoms with E-state index in [9.17, 15) is 15.2 Å². The Morgan fingerprint density at radius 2 is 2.00 bits per heavy atom. The number of para-hydroxylation sites is 1. The molecule has 0 amide bonds. The molecular formula is C16H14N2O4. The second kappa shape index (κ2) is 6.70. The van der Waals surface area contributed by atoms with E-state index in [1.54, 1.807) is 43.3 Å². The zero-order chi connectivity index (χ0) is 16.1. The van der Waals surface area contributed by atoms with Crippen LogP contribution in [0.1, 0.15) is 22.8 Å². The molecule has 22 heavy (non-hydrogen) atoms. The summed E-state index contributed by atoms with van der Waals surface area (Å²) >= 11 is 0. The zero-order valence-corrected chi connectivity index (χ0v) is 11.9. The molecule has 112 valence electrons. The van der Waals surface area contributed by atoms with Gasteiger partial charge in [0.25, 0.3) is 0 Å². The number of aryl methyl sites for hydroxylation is 1. The van der Waals surface area contributed by atoms with Gasteiger partial charge >= 0.3 is 5.69 Å². The van der Waals surface area contributed by atoms with Gasteiger partial charge in [-0.1, -0.05) is 24.3 Å². The summed E-state index contributed by atoms with van der Waals surface area (Å²) in [5, 5.41) is 29.9. The third-order valence-electron chi connectivity index (χ3n) is 3.20. The van der Waals surface area contributed by atoms with Gasteiger partial charge < -0.3 is 9.84 Å². The quantitative estimate of drug-likeness (QED) is 0.676. The van der Waals surface area contributed by atoms with Gasteiger partial charge in [-0.25, -0.2) is 0 Å². The Hall–Kier alpha value is -2.91. The van der Waals surface area contributed by atoms with Crippen molar-refractivity contribution >= 4 is 5.69 Å². The van der Waals surface area contributed by atoms with E-state index >= 15 is 0 Å². The average Bonchev–Trinajstić information content (AvgIpc) is 2.52. The number of ether oxygens (including phenoxy) is 1. The van der Waals surface area contributed by atoms with Crippen LogP contribution in [0.2, 0.25) is 0 Å². The summed E-state index contributed by atoms with van der Waals surface area (Å²) in [5.74, 6) is 0.123. The molecule has 6 nitrogen and oxygen atoms in total. The fraction of sp³-hybridized carbons (Fsp3) is 0.188. The van der Waals surface area contributed by atoms with Crippen LogP contribution in [-0.4, -0.2) is 16.6 Å². The Balaban J connectivity index is 2.11. The minimum absolute atomic E-state index is 0.102. The van der Waals surface area contributed by atoms with Gasteiger partial charge in [-0.3, -0.25) is 10.1 Å². The minimum atomic E-state index is -0.937. The molecule has 0 aliphatic carbocycles. The maximum Gasteiger partial charge on any atom is 0.313 e. The van der Waals surface area contributed by atoms with Gasteiger partial charge in [-0.15, -0.1) is 0 Å². The van der Waals surface area contributed by atoms with Gasteiger partial charge in [0.15, 0.2) is 5.75 Å². The molecule has 1 unspecified atom stereocenters. The second-order valence-corrected chi connectivity index (χ2v) is 4.74. The topological polar surface area (TPSA) is 96.4 Å². The Kier molecular flexibility index (Phi) is 4.71. The third kappa shape index (κ3) is 3.40. The molecule has 0 aliphatic rings. The predicted octanol–water partition coefficient (Wildman–Crippen LogP) is 2.89. The van der Waals surface area contributed by atoms with Gasteiger partial charge in [0.05, 0.1) is 16.6 Å². The molecule has 0 fully saturated rings. The first-order chi connectivity index (χ1) is 10.5. The van der Waals surface area contributed by atoms with Gasteiger partial charge in [0.2, 0.25) is 0 Å². The highest BCUT2D eigenvalue weighted by Gasteiger charge is 2.19. The lowest BCUT2D eigenvalue weighted by Gasteiger charge is -2.13. The van der Waals surface area contributed by atoms with Crippen LogP contribution in [0.5, 0.6) is 5.75 Å². The molecule has 0 radical (unpaired) electrons. The molecule has 0 bridgehead atoms. The second-order valence-electron chi connectivity index (χ2n) is 4.74. The first kappa shape index (κ1) is 15.5. The normalized spacial score (nSPS) is 11.5. The van der Waals surface area contributed by atoms with Crippen LogP contribution in [0.25, 0.3) is 0 Å². The third-order valence-corrected chi connectivity index (χ3v) is 3.20. The SMILES string of the molecule is Cc1cccc(OCC(O)c2ccc(C#N)cc2)c1[N+](=O)[O-]. The molecule has 6 heteroatoms. The Morgan fingerprint density at radius 3 is 2.59 bits per heavy atom. The summed E-state index contributed by atoms with van der Waals surface area (Å²) in [7, 11) is 0. The lowest BCUT2D eigenvalue weighted by atomic mass is 10.1. The summed E-state index contributed by atoms with van der Waals surface area (Å²) in [6, 6.07) is 13.2. The Morgan fingerprint density at radius 1 is 1.32 bits per heavy atom. The smallest absolute Gasteiger partial charge is 0.313 e. The fourth-order valence-corrected chi connectivity index (χ4v) is 2.03. The van der Waals surface area contributed by atoms with Gasteiger partial charge in [-0.05, 0) is 30.7 Å². The molecule has 0 spiro atoms. The molecule has 2 aromatic rings. The molecular weight excluding hydrogens is 284 g/mol. The van der Waals surface area contributed by atoms with Gasteiger partial charge in [0.1, 0.15) is 12.7 Å². The first-order valence-electron chi connectivity index (χ1n) is 6.58. The highest BCUT2D eigenvalue weighted by molar-refractivity contribution is 5.52. The van der Waals surface area contributed by atoms with Gasteiger partial charge in [0, 0.05) is 5.56 Å². The number of hydrogen-bond acceptors (Lipinski definition) is 5. The predicted molar refractivity (Wildman–Crippen MR) is 79.4 cm³/mol. The van der Waals surface area contributed by atoms with Crippen LogP contribution in [0.3, 0.4) is 0 Å². The molecule has 2 rings (SSSR count). The highest BCUT2D eigenvalue weighted by Crippen LogP contribution is 2.30. The highest BCUT2D eigenvalue weighted by atomic mass is 16.6. The molecule has 1 atom stereocenters. The lowest BCUT2D eigenvalue weighted by molar-refractivity contribution is -0.386. The Labute approximate surface area is 127 Å². The van der Waals surface area contributed by atoms with Crippen molar-refractivity contribution in [1.29, 1.82) is 5.26 Å². The van der Waals surface area contributed by atoms with E-state index in [0.717, 1.165) is 0 Å². The van der Waals surface area contributed by atoms with E-state index < -0.39 is 11.0 Å². The first-order valence-corrected chi connectivity index (χ1v) is 6.58. The van der Waals surface area contributed by atoms with Crippen molar-refractivity contribution in [3.8, 4) is 11.8 Å². The summed E-state index contributed by atoms with van der Waals surface area (Å²) in [6.07, 6.45) is -0.937. The van der Waals surface area contributed by atoms with Crippen LogP contribution >= 0.6 is 0 Å². The number of aliphatic hydroxyl groups is 1. The minimum Gasteiger partial charge on any atom is -0.484 e. The summed E-state index contributed by atoms with van der Waals surface area (Å²) in [6.45, 7) is 1.51. The van der Waals surface area contributed by atoms with Crippen LogP contribution in [0.15, 0.2) is 42.5 Å². The summed E-state index contributed by atoms with van der Waals surface area (Å²) in [4.78, 5) is 10.6. The van der Waals surface area contributed by atoms with Crippen molar-refractivity contribution in [3.05, 3.63) is 69.3 Å². The largest absolute Gasteiger partial charge is 0.484 e. The van der Waals surface area contributed by atoms with Crippen LogP contribution in [0.4, 0.5) is 5.69 Å². The van der Waals surface area contributed by atoms with Crippen molar-refractivity contribution < 1.29 is 14.8 Å². The van der Waals surface area contributed by atoms with E-state index in [2.05, 4.69) is 0 Å². The van der Waals surface area contributed by atoms with E-state index in [1.165, 1.54) is 6.07 Å². The molecule has 1 N–H and O–H groups in total. The standard InChI is InChI=1S/C16H14N2O4/c1-11-3-2-4-15(16(11)18(20)21)22-10-14(19)13-7-5-12(9-17)6-8-13/h2-8,14,19H,10H2,1H3. The van der Waals surface area contributed by atoms with Crippen molar-refractivity contribution in [1.82, 2.24) is 0 Å². The van der Waals surface area contributed by atoms with E-state index in [4.69, 9.17) is 10.00 Å². The van der Waals surface area contributed by atoms with Crippen molar-refractivity contribution in [2.24, 2.45) is 0 Å². The molecule has 0 aliphatic heterocycles. The number of hydrogen-bond donors (Lipinski definition) is 1. The molecule has 2 aromatic carbocycles. The zero-order valence-electron chi connectivity index (χ0n) is 11.9. The van der Waals surface area contributed by atoms with Crippen LogP contribution < -0.4 is 4.74 Å². The number of nitro benzene ring substituents is 1. The average molecular weight is 298 g/mol. The van der Waals surface area contributed by atoms with E-state index in [0.29, 0.717) is 16.7 Å².